The number of nitrogens with two attached hydrogens (primary N) is 1. The number of carbonyl (C=O) groups is 3. The minimum absolute atomic E-state index is 0.0411. The molecular formula is C31H28ClF2N3O4. The van der Waals surface area contributed by atoms with Crippen LogP contribution in [0.4, 0.5) is 8.78 Å². The SMILES string of the molecule is NC(=O)c1cn(CC(=O)N2C[C@H](F)C[C@H]2C(=O)CCc2cccc(Cl)c2F)c2ccc(OCc3ccccc3)cc12. The van der Waals surface area contributed by atoms with Gasteiger partial charge >= 0.3 is 0 Å². The van der Waals surface area contributed by atoms with Crippen LogP contribution in [0.5, 0.6) is 5.75 Å². The molecule has 1 saturated heterocycles. The molecule has 5 rings (SSSR count). The molecule has 41 heavy (non-hydrogen) atoms. The molecule has 2 atom stereocenters. The Labute approximate surface area is 240 Å². The first-order valence-electron chi connectivity index (χ1n) is 13.2. The van der Waals surface area contributed by atoms with Gasteiger partial charge in [0.05, 0.1) is 23.2 Å². The number of carbonyl (C=O) groups excluding carboxylic acids is 3. The fourth-order valence-corrected chi connectivity index (χ4v) is 5.40. The second kappa shape index (κ2) is 12.1. The van der Waals surface area contributed by atoms with E-state index in [2.05, 4.69) is 0 Å². The predicted molar refractivity (Wildman–Crippen MR) is 151 cm³/mol. The predicted octanol–water partition coefficient (Wildman–Crippen LogP) is 5.25. The maximum Gasteiger partial charge on any atom is 0.250 e. The lowest BCUT2D eigenvalue weighted by Gasteiger charge is -2.24. The molecular weight excluding hydrogens is 552 g/mol. The molecule has 4 aromatic rings. The molecule has 1 fully saturated rings. The quantitative estimate of drug-likeness (QED) is 0.278. The topological polar surface area (TPSA) is 94.6 Å². The highest BCUT2D eigenvalue weighted by Gasteiger charge is 2.39. The van der Waals surface area contributed by atoms with E-state index < -0.39 is 29.8 Å². The highest BCUT2D eigenvalue weighted by molar-refractivity contribution is 6.30. The van der Waals surface area contributed by atoms with Crippen molar-refractivity contribution >= 4 is 40.1 Å². The first-order valence-corrected chi connectivity index (χ1v) is 13.6. The normalized spacial score (nSPS) is 16.7. The molecule has 3 aromatic carbocycles. The molecule has 0 spiro atoms. The van der Waals surface area contributed by atoms with Crippen LogP contribution in [0.25, 0.3) is 10.9 Å². The summed E-state index contributed by atoms with van der Waals surface area (Å²) in [5.41, 5.74) is 7.65. The number of aryl methyl sites for hydroxylation is 1. The second-order valence-corrected chi connectivity index (χ2v) is 10.5. The summed E-state index contributed by atoms with van der Waals surface area (Å²) in [5, 5.41) is 0.470. The van der Waals surface area contributed by atoms with Gasteiger partial charge in [-0.1, -0.05) is 54.1 Å². The van der Waals surface area contributed by atoms with Gasteiger partial charge in [-0.3, -0.25) is 14.4 Å². The largest absolute Gasteiger partial charge is 0.489 e. The van der Waals surface area contributed by atoms with Gasteiger partial charge in [0.2, 0.25) is 5.91 Å². The Morgan fingerprint density at radius 3 is 2.59 bits per heavy atom. The lowest BCUT2D eigenvalue weighted by atomic mass is 10.0. The Morgan fingerprint density at radius 1 is 1.05 bits per heavy atom. The average Bonchev–Trinajstić information content (AvgIpc) is 3.53. The second-order valence-electron chi connectivity index (χ2n) is 10.1. The number of ether oxygens (including phenoxy) is 1. The van der Waals surface area contributed by atoms with E-state index in [1.165, 1.54) is 23.2 Å². The Hall–Kier alpha value is -4.24. The van der Waals surface area contributed by atoms with Gasteiger partial charge in [0, 0.05) is 29.9 Å². The van der Waals surface area contributed by atoms with Crippen molar-refractivity contribution in [3.63, 3.8) is 0 Å². The van der Waals surface area contributed by atoms with Crippen LogP contribution in [0.2, 0.25) is 5.02 Å². The highest BCUT2D eigenvalue weighted by Crippen LogP contribution is 2.29. The zero-order chi connectivity index (χ0) is 29.1. The molecule has 212 valence electrons. The summed E-state index contributed by atoms with van der Waals surface area (Å²) >= 11 is 5.83. The van der Waals surface area contributed by atoms with Gasteiger partial charge in [0.15, 0.2) is 5.78 Å². The van der Waals surface area contributed by atoms with Crippen molar-refractivity contribution in [2.75, 3.05) is 6.54 Å². The molecule has 2 N–H and O–H groups in total. The van der Waals surface area contributed by atoms with E-state index in [9.17, 15) is 23.2 Å². The number of benzene rings is 3. The van der Waals surface area contributed by atoms with Crippen molar-refractivity contribution in [2.24, 2.45) is 5.73 Å². The number of hydrogen-bond acceptors (Lipinski definition) is 4. The summed E-state index contributed by atoms with van der Waals surface area (Å²) in [6.07, 6.45) is 0.0158. The lowest BCUT2D eigenvalue weighted by molar-refractivity contribution is -0.138. The summed E-state index contributed by atoms with van der Waals surface area (Å²) in [6, 6.07) is 18.3. The fourth-order valence-electron chi connectivity index (χ4n) is 5.20. The fraction of sp³-hybridized carbons (Fsp3) is 0.258. The van der Waals surface area contributed by atoms with Crippen LogP contribution < -0.4 is 10.5 Å². The first-order chi connectivity index (χ1) is 19.7. The third-order valence-corrected chi connectivity index (χ3v) is 7.58. The Morgan fingerprint density at radius 2 is 1.83 bits per heavy atom. The lowest BCUT2D eigenvalue weighted by Crippen LogP contribution is -2.42. The van der Waals surface area contributed by atoms with Crippen LogP contribution in [0, 0.1) is 5.82 Å². The summed E-state index contributed by atoms with van der Waals surface area (Å²) < 4.78 is 36.2. The van der Waals surface area contributed by atoms with E-state index in [4.69, 9.17) is 22.1 Å². The monoisotopic (exact) mass is 579 g/mol. The van der Waals surface area contributed by atoms with Crippen LogP contribution >= 0.6 is 11.6 Å². The Kier molecular flexibility index (Phi) is 8.35. The van der Waals surface area contributed by atoms with Crippen LogP contribution in [0.3, 0.4) is 0 Å². The molecule has 2 heterocycles. The summed E-state index contributed by atoms with van der Waals surface area (Å²) in [4.78, 5) is 39.9. The molecule has 10 heteroatoms. The third-order valence-electron chi connectivity index (χ3n) is 7.29. The van der Waals surface area contributed by atoms with Gasteiger partial charge in [-0.2, -0.15) is 0 Å². The molecule has 1 aromatic heterocycles. The number of aromatic nitrogens is 1. The minimum atomic E-state index is -1.36. The van der Waals surface area contributed by atoms with E-state index in [0.717, 1.165) is 5.56 Å². The molecule has 1 aliphatic rings. The van der Waals surface area contributed by atoms with E-state index >= 15 is 0 Å². The van der Waals surface area contributed by atoms with Crippen molar-refractivity contribution in [3.05, 3.63) is 100 Å². The molecule has 0 unspecified atom stereocenters. The van der Waals surface area contributed by atoms with E-state index in [0.29, 0.717) is 23.3 Å². The number of ketones is 1. The van der Waals surface area contributed by atoms with E-state index in [1.54, 1.807) is 28.8 Å². The maximum atomic E-state index is 14.5. The van der Waals surface area contributed by atoms with Crippen LogP contribution in [0.1, 0.15) is 34.3 Å². The van der Waals surface area contributed by atoms with Crippen LogP contribution in [-0.4, -0.2) is 45.8 Å². The van der Waals surface area contributed by atoms with E-state index in [1.807, 2.05) is 30.3 Å². The molecule has 2 amide bonds. The first kappa shape index (κ1) is 28.3. The highest BCUT2D eigenvalue weighted by atomic mass is 35.5. The zero-order valence-electron chi connectivity index (χ0n) is 22.1. The average molecular weight is 580 g/mol. The molecule has 0 saturated carbocycles. The van der Waals surface area contributed by atoms with Crippen molar-refractivity contribution in [1.29, 1.82) is 0 Å². The Balaban J connectivity index is 1.31. The maximum absolute atomic E-state index is 14.5. The zero-order valence-corrected chi connectivity index (χ0v) is 22.8. The number of fused-ring (bicyclic) bond motifs is 1. The molecule has 1 aliphatic heterocycles. The Bertz CT molecular complexity index is 1610. The van der Waals surface area contributed by atoms with Crippen LogP contribution in [0.15, 0.2) is 72.9 Å². The number of nitrogens with zero attached hydrogens (tertiary/aromatic N) is 2. The minimum Gasteiger partial charge on any atom is -0.489 e. The van der Waals surface area contributed by atoms with Gasteiger partial charge in [0.1, 0.15) is 30.9 Å². The van der Waals surface area contributed by atoms with Crippen molar-refractivity contribution in [3.8, 4) is 5.75 Å². The molecule has 0 aliphatic carbocycles. The van der Waals surface area contributed by atoms with Gasteiger partial charge in [-0.15, -0.1) is 0 Å². The van der Waals surface area contributed by atoms with Gasteiger partial charge in [-0.05, 0) is 41.8 Å². The number of amides is 2. The number of alkyl halides is 1. The standard InChI is InChI=1S/C31H28ClF2N3O4/c32-25-8-4-7-20(30(25)34)9-12-28(38)27-13-21(33)15-37(27)29(39)17-36-16-24(31(35)40)23-14-22(10-11-26(23)36)41-18-19-5-2-1-3-6-19/h1-8,10-11,14,16,21,27H,9,12-13,15,17-18H2,(H2,35,40)/t21-,27+/m1/s1. The summed E-state index contributed by atoms with van der Waals surface area (Å²) in [5.74, 6) is -1.58. The number of halogens is 3. The summed E-state index contributed by atoms with van der Waals surface area (Å²) in [6.45, 7) is -0.121. The van der Waals surface area contributed by atoms with Gasteiger partial charge < -0.3 is 19.9 Å². The number of likely N-dealkylation sites (tertiary alicyclic amines) is 1. The number of primary amides is 1. The smallest absolute Gasteiger partial charge is 0.250 e. The number of hydrogen-bond donors (Lipinski definition) is 1. The number of rotatable bonds is 10. The molecule has 0 radical (unpaired) electrons. The number of Topliss-reactive ketones (excluding diaryl/α,β-unsaturated/α-hetero) is 1. The molecule has 7 nitrogen and oxygen atoms in total. The van der Waals surface area contributed by atoms with Gasteiger partial charge in [-0.25, -0.2) is 8.78 Å². The van der Waals surface area contributed by atoms with Crippen molar-refractivity contribution in [1.82, 2.24) is 9.47 Å². The summed E-state index contributed by atoms with van der Waals surface area (Å²) in [7, 11) is 0. The molecule has 0 bridgehead atoms. The van der Waals surface area contributed by atoms with Crippen LogP contribution in [-0.2, 0) is 29.2 Å². The third kappa shape index (κ3) is 6.25. The van der Waals surface area contributed by atoms with E-state index in [-0.39, 0.29) is 54.3 Å². The van der Waals surface area contributed by atoms with Crippen molar-refractivity contribution in [2.45, 2.75) is 44.6 Å². The van der Waals surface area contributed by atoms with Gasteiger partial charge in [0.25, 0.3) is 5.91 Å². The van der Waals surface area contributed by atoms with Crippen molar-refractivity contribution < 1.29 is 27.9 Å².